The van der Waals surface area contributed by atoms with Crippen LogP contribution in [0, 0.1) is 15.9 Å². The molecule has 14 heavy (non-hydrogen) atoms. The van der Waals surface area contributed by atoms with E-state index in [9.17, 15) is 19.3 Å². The summed E-state index contributed by atoms with van der Waals surface area (Å²) in [6.45, 7) is 1.22. The van der Waals surface area contributed by atoms with Crippen molar-refractivity contribution in [2.24, 2.45) is 0 Å². The molecule has 0 saturated heterocycles. The Morgan fingerprint density at radius 2 is 2.14 bits per heavy atom. The number of nitro groups is 1. The summed E-state index contributed by atoms with van der Waals surface area (Å²) in [6, 6.07) is 1.89. The lowest BCUT2D eigenvalue weighted by Crippen LogP contribution is -2.02. The van der Waals surface area contributed by atoms with E-state index in [1.165, 1.54) is 6.92 Å². The molecule has 0 amide bonds. The van der Waals surface area contributed by atoms with E-state index in [0.29, 0.717) is 0 Å². The third-order valence-electron chi connectivity index (χ3n) is 1.68. The summed E-state index contributed by atoms with van der Waals surface area (Å²) in [6.07, 6.45) is 0. The Bertz CT molecular complexity index is 394. The molecule has 1 aromatic rings. The Balaban J connectivity index is 3.39. The van der Waals surface area contributed by atoms with E-state index in [1.807, 2.05) is 0 Å². The summed E-state index contributed by atoms with van der Waals surface area (Å²) in [5.41, 5.74) is 4.10. The lowest BCUT2D eigenvalue weighted by Gasteiger charge is -2.00. The normalized spacial score (nSPS) is 9.86. The van der Waals surface area contributed by atoms with Crippen LogP contribution in [-0.2, 0) is 0 Å². The van der Waals surface area contributed by atoms with Gasteiger partial charge in [-0.25, -0.2) is 0 Å². The molecule has 0 aromatic heterocycles. The highest BCUT2D eigenvalue weighted by molar-refractivity contribution is 5.95. The number of nitrogens with two attached hydrogens (primary N) is 1. The maximum Gasteiger partial charge on any atom is 0.327 e. The second-order valence-corrected chi connectivity index (χ2v) is 2.71. The van der Waals surface area contributed by atoms with Gasteiger partial charge in [-0.3, -0.25) is 14.9 Å². The Hall–Kier alpha value is -1.98. The van der Waals surface area contributed by atoms with E-state index >= 15 is 0 Å². The average Bonchev–Trinajstić information content (AvgIpc) is 2.01. The number of benzene rings is 1. The van der Waals surface area contributed by atoms with Gasteiger partial charge < -0.3 is 5.73 Å². The van der Waals surface area contributed by atoms with Crippen molar-refractivity contribution in [1.82, 2.24) is 0 Å². The minimum atomic E-state index is -1.10. The van der Waals surface area contributed by atoms with Crippen molar-refractivity contribution in [3.05, 3.63) is 33.6 Å². The molecule has 0 aliphatic heterocycles. The molecule has 0 unspecified atom stereocenters. The van der Waals surface area contributed by atoms with Crippen molar-refractivity contribution >= 4 is 17.2 Å². The fourth-order valence-electron chi connectivity index (χ4n) is 1.02. The first kappa shape index (κ1) is 10.1. The molecule has 0 bridgehead atoms. The SMILES string of the molecule is CC(=O)c1cc(N)c([N+](=O)[O-])c(F)c1. The lowest BCUT2D eigenvalue weighted by atomic mass is 10.1. The third kappa shape index (κ3) is 1.68. The number of nitrogens with zero attached hydrogens (tertiary/aromatic N) is 1. The maximum atomic E-state index is 13.0. The van der Waals surface area contributed by atoms with Gasteiger partial charge in [0.15, 0.2) is 5.78 Å². The molecule has 0 radical (unpaired) electrons. The molecule has 6 heteroatoms. The molecule has 0 aliphatic rings. The highest BCUT2D eigenvalue weighted by atomic mass is 19.1. The predicted octanol–water partition coefficient (Wildman–Crippen LogP) is 1.52. The smallest absolute Gasteiger partial charge is 0.327 e. The van der Waals surface area contributed by atoms with E-state index in [2.05, 4.69) is 0 Å². The van der Waals surface area contributed by atoms with Crippen LogP contribution in [-0.4, -0.2) is 10.7 Å². The summed E-state index contributed by atoms with van der Waals surface area (Å²) in [7, 11) is 0. The zero-order chi connectivity index (χ0) is 10.9. The van der Waals surface area contributed by atoms with Crippen LogP contribution < -0.4 is 5.73 Å². The summed E-state index contributed by atoms with van der Waals surface area (Å²) in [5.74, 6) is -1.49. The Morgan fingerprint density at radius 1 is 1.57 bits per heavy atom. The van der Waals surface area contributed by atoms with Gasteiger partial charge in [-0.15, -0.1) is 0 Å². The highest BCUT2D eigenvalue weighted by Crippen LogP contribution is 2.26. The molecule has 0 spiro atoms. The number of ketones is 1. The zero-order valence-corrected chi connectivity index (χ0v) is 7.28. The fraction of sp³-hybridized carbons (Fsp3) is 0.125. The first-order valence-electron chi connectivity index (χ1n) is 3.68. The van der Waals surface area contributed by atoms with Crippen molar-refractivity contribution in [2.45, 2.75) is 6.92 Å². The topological polar surface area (TPSA) is 86.2 Å². The van der Waals surface area contributed by atoms with Gasteiger partial charge in [0, 0.05) is 5.56 Å². The first-order valence-corrected chi connectivity index (χ1v) is 3.68. The number of halogens is 1. The van der Waals surface area contributed by atoms with Gasteiger partial charge in [0.2, 0.25) is 5.82 Å². The van der Waals surface area contributed by atoms with Crippen LogP contribution in [0.2, 0.25) is 0 Å². The van der Waals surface area contributed by atoms with Crippen LogP contribution in [0.3, 0.4) is 0 Å². The van der Waals surface area contributed by atoms with E-state index in [4.69, 9.17) is 5.73 Å². The van der Waals surface area contributed by atoms with Gasteiger partial charge in [-0.05, 0) is 19.1 Å². The molecule has 74 valence electrons. The minimum absolute atomic E-state index is 0.0191. The second-order valence-electron chi connectivity index (χ2n) is 2.71. The molecule has 0 atom stereocenters. The molecule has 1 aromatic carbocycles. The average molecular weight is 198 g/mol. The zero-order valence-electron chi connectivity index (χ0n) is 7.28. The number of rotatable bonds is 2. The van der Waals surface area contributed by atoms with Gasteiger partial charge in [0.05, 0.1) is 4.92 Å². The number of anilines is 1. The number of Topliss-reactive ketones (excluding diaryl/α,β-unsaturated/α-hetero) is 1. The van der Waals surface area contributed by atoms with Crippen LogP contribution in [0.4, 0.5) is 15.8 Å². The Morgan fingerprint density at radius 3 is 2.50 bits per heavy atom. The number of carbonyl (C=O) groups is 1. The number of nitrogen functional groups attached to an aromatic ring is 1. The summed E-state index contributed by atoms with van der Waals surface area (Å²) >= 11 is 0. The Kier molecular flexibility index (Phi) is 2.46. The van der Waals surface area contributed by atoms with E-state index in [1.54, 1.807) is 0 Å². The lowest BCUT2D eigenvalue weighted by molar-refractivity contribution is -0.386. The highest BCUT2D eigenvalue weighted by Gasteiger charge is 2.20. The van der Waals surface area contributed by atoms with Crippen molar-refractivity contribution in [3.8, 4) is 0 Å². The molecule has 1 rings (SSSR count). The van der Waals surface area contributed by atoms with E-state index in [-0.39, 0.29) is 11.3 Å². The quantitative estimate of drug-likeness (QED) is 0.338. The van der Waals surface area contributed by atoms with Crippen molar-refractivity contribution in [3.63, 3.8) is 0 Å². The molecule has 2 N–H and O–H groups in total. The monoisotopic (exact) mass is 198 g/mol. The predicted molar refractivity (Wildman–Crippen MR) is 47.5 cm³/mol. The third-order valence-corrected chi connectivity index (χ3v) is 1.68. The van der Waals surface area contributed by atoms with Crippen LogP contribution in [0.25, 0.3) is 0 Å². The van der Waals surface area contributed by atoms with Crippen molar-refractivity contribution < 1.29 is 14.1 Å². The second kappa shape index (κ2) is 3.41. The van der Waals surface area contributed by atoms with Crippen LogP contribution >= 0.6 is 0 Å². The van der Waals surface area contributed by atoms with Crippen LogP contribution in [0.15, 0.2) is 12.1 Å². The molecule has 0 heterocycles. The number of hydrogen-bond donors (Lipinski definition) is 1. The van der Waals surface area contributed by atoms with Gasteiger partial charge >= 0.3 is 5.69 Å². The number of hydrogen-bond acceptors (Lipinski definition) is 4. The summed E-state index contributed by atoms with van der Waals surface area (Å²) < 4.78 is 13.0. The molecule has 0 aliphatic carbocycles. The largest absolute Gasteiger partial charge is 0.393 e. The van der Waals surface area contributed by atoms with Gasteiger partial charge in [-0.2, -0.15) is 4.39 Å². The number of carbonyl (C=O) groups excluding carboxylic acids is 1. The molecular weight excluding hydrogens is 191 g/mol. The molecule has 0 saturated carbocycles. The van der Waals surface area contributed by atoms with Gasteiger partial charge in [-0.1, -0.05) is 0 Å². The van der Waals surface area contributed by atoms with Crippen LogP contribution in [0.5, 0.6) is 0 Å². The standard InChI is InChI=1S/C8H7FN2O3/c1-4(12)5-2-6(9)8(11(13)14)7(10)3-5/h2-3H,10H2,1H3. The Labute approximate surface area is 78.5 Å². The molecular formula is C8H7FN2O3. The first-order chi connectivity index (χ1) is 6.43. The maximum absolute atomic E-state index is 13.0. The summed E-state index contributed by atoms with van der Waals surface area (Å²) in [4.78, 5) is 20.2. The van der Waals surface area contributed by atoms with Crippen molar-refractivity contribution in [1.29, 1.82) is 0 Å². The van der Waals surface area contributed by atoms with E-state index in [0.717, 1.165) is 12.1 Å². The van der Waals surface area contributed by atoms with E-state index < -0.39 is 22.2 Å². The van der Waals surface area contributed by atoms with Crippen LogP contribution in [0.1, 0.15) is 17.3 Å². The number of nitro benzene ring substituents is 1. The van der Waals surface area contributed by atoms with Gasteiger partial charge in [0.25, 0.3) is 0 Å². The molecule has 0 fully saturated rings. The minimum Gasteiger partial charge on any atom is -0.393 e. The van der Waals surface area contributed by atoms with Crippen molar-refractivity contribution in [2.75, 3.05) is 5.73 Å². The summed E-state index contributed by atoms with van der Waals surface area (Å²) in [5, 5.41) is 10.3. The fourth-order valence-corrected chi connectivity index (χ4v) is 1.02. The van der Waals surface area contributed by atoms with Gasteiger partial charge in [0.1, 0.15) is 5.69 Å². The molecule has 5 nitrogen and oxygen atoms in total.